The van der Waals surface area contributed by atoms with Crippen LogP contribution in [0.25, 0.3) is 0 Å². The number of nitrogens with one attached hydrogen (secondary N) is 2. The number of hydrogen-bond acceptors (Lipinski definition) is 8. The van der Waals surface area contributed by atoms with Gasteiger partial charge >= 0.3 is 0 Å². The first-order valence-electron chi connectivity index (χ1n) is 9.29. The zero-order chi connectivity index (χ0) is 18.6. The van der Waals surface area contributed by atoms with E-state index in [9.17, 15) is 0 Å². The summed E-state index contributed by atoms with van der Waals surface area (Å²) in [5.41, 5.74) is 0. The fraction of sp³-hybridized carbons (Fsp3) is 0.667. The van der Waals surface area contributed by atoms with Gasteiger partial charge in [0.05, 0.1) is 24.0 Å². The number of aromatic nitrogens is 2. The van der Waals surface area contributed by atoms with Gasteiger partial charge in [-0.15, -0.1) is 0 Å². The van der Waals surface area contributed by atoms with Gasteiger partial charge < -0.3 is 20.0 Å². The normalized spacial score (nSPS) is 11.2. The van der Waals surface area contributed by atoms with E-state index in [2.05, 4.69) is 43.3 Å². The number of anilines is 2. The van der Waals surface area contributed by atoms with E-state index >= 15 is 0 Å². The lowest BCUT2D eigenvalue weighted by Crippen LogP contribution is -2.09. The second kappa shape index (κ2) is 12.2. The summed E-state index contributed by atoms with van der Waals surface area (Å²) in [7, 11) is 4.09. The Kier molecular flexibility index (Phi) is 9.87. The van der Waals surface area contributed by atoms with Gasteiger partial charge in [-0.25, -0.2) is 0 Å². The highest BCUT2D eigenvalue weighted by Crippen LogP contribution is 2.19. The molecular weight excluding hydrogens is 366 g/mol. The Hall–Kier alpha value is -1.25. The molecule has 2 aromatic heterocycles. The van der Waals surface area contributed by atoms with Gasteiger partial charge in [-0.1, -0.05) is 26.2 Å². The van der Waals surface area contributed by atoms with Gasteiger partial charge in [0.15, 0.2) is 11.6 Å². The number of unbranched alkanes of at least 4 members (excludes halogenated alkanes) is 3. The summed E-state index contributed by atoms with van der Waals surface area (Å²) >= 11 is 3.11. The Labute approximate surface area is 165 Å². The quantitative estimate of drug-likeness (QED) is 0.454. The number of furan rings is 1. The van der Waals surface area contributed by atoms with E-state index in [1.165, 1.54) is 37.4 Å². The smallest absolute Gasteiger partial charge is 0.184 e. The van der Waals surface area contributed by atoms with E-state index in [1.807, 2.05) is 25.9 Å². The average molecular weight is 398 g/mol. The van der Waals surface area contributed by atoms with Crippen LogP contribution in [-0.4, -0.2) is 46.6 Å². The molecule has 0 atom stereocenters. The Morgan fingerprint density at radius 2 is 1.77 bits per heavy atom. The first-order chi connectivity index (χ1) is 12.7. The zero-order valence-electron chi connectivity index (χ0n) is 16.1. The summed E-state index contributed by atoms with van der Waals surface area (Å²) in [6.45, 7) is 4.90. The highest BCUT2D eigenvalue weighted by Gasteiger charge is 2.07. The van der Waals surface area contributed by atoms with Crippen molar-refractivity contribution in [1.29, 1.82) is 0 Å². The van der Waals surface area contributed by atoms with E-state index in [0.717, 1.165) is 54.3 Å². The molecule has 26 heavy (non-hydrogen) atoms. The van der Waals surface area contributed by atoms with Gasteiger partial charge in [-0.3, -0.25) is 0 Å². The van der Waals surface area contributed by atoms with Crippen LogP contribution in [0.15, 0.2) is 16.5 Å². The molecule has 0 aliphatic rings. The van der Waals surface area contributed by atoms with E-state index in [0.29, 0.717) is 0 Å². The molecule has 0 bridgehead atoms. The van der Waals surface area contributed by atoms with Crippen LogP contribution in [0.3, 0.4) is 0 Å². The molecule has 2 aromatic rings. The second-order valence-corrected chi connectivity index (χ2v) is 8.17. The summed E-state index contributed by atoms with van der Waals surface area (Å²) in [4.78, 5) is 2.11. The first kappa shape index (κ1) is 21.1. The lowest BCUT2D eigenvalue weighted by molar-refractivity contribution is 0.344. The monoisotopic (exact) mass is 397 g/mol. The van der Waals surface area contributed by atoms with Gasteiger partial charge in [0, 0.05) is 18.8 Å². The van der Waals surface area contributed by atoms with Crippen molar-refractivity contribution in [2.45, 2.75) is 44.9 Å². The molecule has 0 unspecified atom stereocenters. The number of rotatable bonds is 14. The third kappa shape index (κ3) is 7.97. The van der Waals surface area contributed by atoms with Crippen LogP contribution in [0.1, 0.15) is 44.1 Å². The van der Waals surface area contributed by atoms with Crippen LogP contribution in [-0.2, 0) is 12.3 Å². The molecule has 2 heterocycles. The molecule has 0 amide bonds. The minimum absolute atomic E-state index is 0.845. The van der Waals surface area contributed by atoms with Crippen molar-refractivity contribution in [2.75, 3.05) is 43.6 Å². The lowest BCUT2D eigenvalue weighted by atomic mass is 10.2. The van der Waals surface area contributed by atoms with E-state index in [-0.39, 0.29) is 0 Å². The van der Waals surface area contributed by atoms with Gasteiger partial charge in [0.1, 0.15) is 11.5 Å². The molecule has 0 aromatic carbocycles. The lowest BCUT2D eigenvalue weighted by Gasteiger charge is -2.07. The van der Waals surface area contributed by atoms with Crippen LogP contribution in [0.5, 0.6) is 0 Å². The van der Waals surface area contributed by atoms with Crippen molar-refractivity contribution in [3.63, 3.8) is 0 Å². The van der Waals surface area contributed by atoms with Crippen molar-refractivity contribution in [2.24, 2.45) is 0 Å². The average Bonchev–Trinajstić information content (AvgIpc) is 3.23. The van der Waals surface area contributed by atoms with Gasteiger partial charge in [-0.2, -0.15) is 20.5 Å². The molecule has 2 rings (SSSR count). The van der Waals surface area contributed by atoms with Gasteiger partial charge in [-0.05, 0) is 32.6 Å². The predicted octanol–water partition coefficient (Wildman–Crippen LogP) is 4.53. The molecule has 0 saturated carbocycles. The van der Waals surface area contributed by atoms with Crippen molar-refractivity contribution < 1.29 is 4.42 Å². The minimum Gasteiger partial charge on any atom is -0.464 e. The predicted molar refractivity (Wildman–Crippen MR) is 113 cm³/mol. The summed E-state index contributed by atoms with van der Waals surface area (Å²) in [5.74, 6) is 5.71. The maximum atomic E-state index is 5.82. The van der Waals surface area contributed by atoms with Crippen molar-refractivity contribution in [3.05, 3.63) is 23.7 Å². The van der Waals surface area contributed by atoms with Crippen LogP contribution in [0.2, 0.25) is 0 Å². The number of thioether (sulfide) groups is 1. The summed E-state index contributed by atoms with van der Waals surface area (Å²) in [6, 6.07) is 4.14. The van der Waals surface area contributed by atoms with Gasteiger partial charge in [0.25, 0.3) is 0 Å². The van der Waals surface area contributed by atoms with Crippen molar-refractivity contribution in [1.82, 2.24) is 13.6 Å². The Morgan fingerprint density at radius 1 is 1.04 bits per heavy atom. The Bertz CT molecular complexity index is 614. The molecule has 2 N–H and O–H groups in total. The van der Waals surface area contributed by atoms with Crippen LogP contribution >= 0.6 is 23.5 Å². The molecule has 0 aliphatic carbocycles. The van der Waals surface area contributed by atoms with E-state index in [1.54, 1.807) is 0 Å². The Morgan fingerprint density at radius 3 is 2.50 bits per heavy atom. The van der Waals surface area contributed by atoms with E-state index < -0.39 is 0 Å². The molecule has 0 saturated heterocycles. The van der Waals surface area contributed by atoms with Crippen LogP contribution < -0.4 is 10.6 Å². The Balaban J connectivity index is 1.60. The van der Waals surface area contributed by atoms with Crippen molar-refractivity contribution >= 4 is 35.1 Å². The first-order valence-corrected chi connectivity index (χ1v) is 11.2. The third-order valence-electron chi connectivity index (χ3n) is 3.78. The highest BCUT2D eigenvalue weighted by atomic mass is 32.2. The third-order valence-corrected chi connectivity index (χ3v) is 5.29. The summed E-state index contributed by atoms with van der Waals surface area (Å²) in [6.07, 6.45) is 5.01. The van der Waals surface area contributed by atoms with Crippen LogP contribution in [0, 0.1) is 0 Å². The summed E-state index contributed by atoms with van der Waals surface area (Å²) < 4.78 is 14.5. The second-order valence-electron chi connectivity index (χ2n) is 6.53. The van der Waals surface area contributed by atoms with Crippen LogP contribution in [0.4, 0.5) is 11.6 Å². The zero-order valence-corrected chi connectivity index (χ0v) is 17.7. The van der Waals surface area contributed by atoms with E-state index in [4.69, 9.17) is 4.42 Å². The van der Waals surface area contributed by atoms with Crippen molar-refractivity contribution in [3.8, 4) is 0 Å². The minimum atomic E-state index is 0.845. The molecule has 0 fully saturated rings. The molecule has 0 spiro atoms. The highest BCUT2D eigenvalue weighted by molar-refractivity contribution is 7.98. The maximum Gasteiger partial charge on any atom is 0.184 e. The fourth-order valence-electron chi connectivity index (χ4n) is 2.49. The molecular formula is C18H31N5OS2. The number of nitrogens with zero attached hydrogens (tertiary/aromatic N) is 3. The topological polar surface area (TPSA) is 66.2 Å². The molecule has 0 aliphatic heterocycles. The molecule has 146 valence electrons. The fourth-order valence-corrected chi connectivity index (χ4v) is 3.74. The SMILES string of the molecule is CCCCCCNc1nsnc1NCCSCc1ccc(CN(C)C)o1. The largest absolute Gasteiger partial charge is 0.464 e. The molecule has 0 radical (unpaired) electrons. The summed E-state index contributed by atoms with van der Waals surface area (Å²) in [5, 5.41) is 6.76. The maximum absolute atomic E-state index is 5.82. The number of hydrogen-bond donors (Lipinski definition) is 2. The van der Waals surface area contributed by atoms with Gasteiger partial charge in [0.2, 0.25) is 0 Å². The molecule has 6 nitrogen and oxygen atoms in total. The standard InChI is InChI=1S/C18H31N5OS2/c1-4-5-6-7-10-19-17-18(22-26-21-17)20-11-12-25-14-16-9-8-15(24-16)13-23(2)3/h8-9H,4-7,10-14H2,1-3H3,(H,19,21)(H,20,22). The molecule has 8 heteroatoms.